The van der Waals surface area contributed by atoms with Gasteiger partial charge in [0.05, 0.1) is 18.0 Å². The molecular weight excluding hydrogens is 318 g/mol. The fourth-order valence-corrected chi connectivity index (χ4v) is 2.40. The molecule has 8 heteroatoms. The van der Waals surface area contributed by atoms with E-state index >= 15 is 0 Å². The number of thioether (sulfide) groups is 1. The van der Waals surface area contributed by atoms with Gasteiger partial charge in [0.2, 0.25) is 0 Å². The third-order valence-corrected chi connectivity index (χ3v) is 3.91. The average molecular weight is 337 g/mol. The summed E-state index contributed by atoms with van der Waals surface area (Å²) in [5, 5.41) is 6.47. The van der Waals surface area contributed by atoms with Crippen molar-refractivity contribution in [3.05, 3.63) is 46.2 Å². The SMILES string of the molecule is CCSCc1cc(C(=O)Nc2ccc(=O)n(CCOC)c2)no1. The Morgan fingerprint density at radius 2 is 2.30 bits per heavy atom. The van der Waals surface area contributed by atoms with Gasteiger partial charge < -0.3 is 19.1 Å². The number of amides is 1. The second kappa shape index (κ2) is 8.54. The minimum atomic E-state index is -0.376. The molecule has 0 aromatic carbocycles. The first-order valence-electron chi connectivity index (χ1n) is 7.18. The predicted molar refractivity (Wildman–Crippen MR) is 88.9 cm³/mol. The Bertz CT molecular complexity index is 711. The second-order valence-electron chi connectivity index (χ2n) is 4.71. The fraction of sp³-hybridized carbons (Fsp3) is 0.400. The van der Waals surface area contributed by atoms with Gasteiger partial charge in [-0.3, -0.25) is 9.59 Å². The van der Waals surface area contributed by atoms with Gasteiger partial charge >= 0.3 is 0 Å². The van der Waals surface area contributed by atoms with Crippen LogP contribution in [0.25, 0.3) is 0 Å². The molecule has 0 atom stereocenters. The van der Waals surface area contributed by atoms with Gasteiger partial charge in [-0.05, 0) is 11.8 Å². The van der Waals surface area contributed by atoms with Gasteiger partial charge in [-0.25, -0.2) is 0 Å². The number of anilines is 1. The Morgan fingerprint density at radius 3 is 3.04 bits per heavy atom. The minimum absolute atomic E-state index is 0.152. The number of methoxy groups -OCH3 is 1. The molecule has 1 amide bonds. The summed E-state index contributed by atoms with van der Waals surface area (Å²) in [6.07, 6.45) is 1.58. The largest absolute Gasteiger partial charge is 0.383 e. The van der Waals surface area contributed by atoms with Gasteiger partial charge in [-0.15, -0.1) is 0 Å². The van der Waals surface area contributed by atoms with Crippen LogP contribution in [-0.4, -0.2) is 35.1 Å². The van der Waals surface area contributed by atoms with E-state index < -0.39 is 0 Å². The van der Waals surface area contributed by atoms with Crippen molar-refractivity contribution in [2.24, 2.45) is 0 Å². The summed E-state index contributed by atoms with van der Waals surface area (Å²) in [4.78, 5) is 23.9. The summed E-state index contributed by atoms with van der Waals surface area (Å²) in [6, 6.07) is 4.58. The zero-order valence-electron chi connectivity index (χ0n) is 13.1. The average Bonchev–Trinajstić information content (AvgIpc) is 3.02. The maximum atomic E-state index is 12.2. The Hall–Kier alpha value is -2.06. The lowest BCUT2D eigenvalue weighted by Gasteiger charge is -2.08. The van der Waals surface area contributed by atoms with E-state index in [0.29, 0.717) is 30.4 Å². The van der Waals surface area contributed by atoms with E-state index in [1.807, 2.05) is 6.92 Å². The Balaban J connectivity index is 2.04. The molecule has 124 valence electrons. The number of rotatable bonds is 8. The number of ether oxygens (including phenoxy) is 1. The van der Waals surface area contributed by atoms with Crippen LogP contribution in [0.15, 0.2) is 33.7 Å². The van der Waals surface area contributed by atoms with E-state index in [4.69, 9.17) is 9.26 Å². The van der Waals surface area contributed by atoms with Crippen molar-refractivity contribution < 1.29 is 14.1 Å². The molecule has 23 heavy (non-hydrogen) atoms. The highest BCUT2D eigenvalue weighted by Crippen LogP contribution is 2.14. The molecule has 2 aromatic heterocycles. The maximum Gasteiger partial charge on any atom is 0.277 e. The van der Waals surface area contributed by atoms with E-state index in [0.717, 1.165) is 5.75 Å². The van der Waals surface area contributed by atoms with Gasteiger partial charge in [0.15, 0.2) is 5.69 Å². The molecule has 0 spiro atoms. The van der Waals surface area contributed by atoms with Crippen LogP contribution in [0.4, 0.5) is 5.69 Å². The Kier molecular flexibility index (Phi) is 6.42. The highest BCUT2D eigenvalue weighted by molar-refractivity contribution is 7.98. The quantitative estimate of drug-likeness (QED) is 0.793. The molecule has 0 aliphatic heterocycles. The molecule has 0 bridgehead atoms. The van der Waals surface area contributed by atoms with Crippen LogP contribution in [0.2, 0.25) is 0 Å². The molecule has 0 unspecified atom stereocenters. The topological polar surface area (TPSA) is 86.4 Å². The summed E-state index contributed by atoms with van der Waals surface area (Å²) in [5.74, 6) is 1.93. The number of carbonyl (C=O) groups excluding carboxylic acids is 1. The van der Waals surface area contributed by atoms with Crippen LogP contribution >= 0.6 is 11.8 Å². The van der Waals surface area contributed by atoms with Crippen molar-refractivity contribution in [1.29, 1.82) is 0 Å². The van der Waals surface area contributed by atoms with Crippen LogP contribution in [0.3, 0.4) is 0 Å². The van der Waals surface area contributed by atoms with Crippen LogP contribution < -0.4 is 10.9 Å². The number of aromatic nitrogens is 2. The van der Waals surface area contributed by atoms with E-state index in [2.05, 4.69) is 10.5 Å². The number of hydrogen-bond acceptors (Lipinski definition) is 6. The number of carbonyl (C=O) groups is 1. The highest BCUT2D eigenvalue weighted by Gasteiger charge is 2.13. The third-order valence-electron chi connectivity index (χ3n) is 3.02. The van der Waals surface area contributed by atoms with Crippen molar-refractivity contribution in [3.63, 3.8) is 0 Å². The minimum Gasteiger partial charge on any atom is -0.383 e. The van der Waals surface area contributed by atoms with E-state index in [1.165, 1.54) is 10.6 Å². The highest BCUT2D eigenvalue weighted by atomic mass is 32.2. The Labute approximate surface area is 138 Å². The molecule has 7 nitrogen and oxygen atoms in total. The molecule has 2 heterocycles. The maximum absolute atomic E-state index is 12.2. The van der Waals surface area contributed by atoms with Gasteiger partial charge in [-0.2, -0.15) is 11.8 Å². The molecule has 2 rings (SSSR count). The van der Waals surface area contributed by atoms with Crippen molar-refractivity contribution >= 4 is 23.4 Å². The third kappa shape index (κ3) is 4.97. The van der Waals surface area contributed by atoms with Gasteiger partial charge in [0, 0.05) is 32.0 Å². The summed E-state index contributed by atoms with van der Waals surface area (Å²) >= 11 is 1.69. The fourth-order valence-electron chi connectivity index (χ4n) is 1.86. The van der Waals surface area contributed by atoms with Crippen molar-refractivity contribution in [2.75, 3.05) is 24.8 Å². The zero-order chi connectivity index (χ0) is 16.7. The lowest BCUT2D eigenvalue weighted by Crippen LogP contribution is -2.22. The number of nitrogens with zero attached hydrogens (tertiary/aromatic N) is 2. The summed E-state index contributed by atoms with van der Waals surface area (Å²) in [6.45, 7) is 2.88. The predicted octanol–water partition coefficient (Wildman–Crippen LogP) is 1.99. The lowest BCUT2D eigenvalue weighted by atomic mass is 10.3. The summed E-state index contributed by atoms with van der Waals surface area (Å²) in [5.41, 5.74) is 0.574. The van der Waals surface area contributed by atoms with Crippen LogP contribution in [-0.2, 0) is 17.0 Å². The summed E-state index contributed by atoms with van der Waals surface area (Å²) < 4.78 is 11.6. The van der Waals surface area contributed by atoms with Crippen LogP contribution in [0.1, 0.15) is 23.2 Å². The van der Waals surface area contributed by atoms with E-state index in [9.17, 15) is 9.59 Å². The zero-order valence-corrected chi connectivity index (χ0v) is 13.9. The normalized spacial score (nSPS) is 10.7. The molecular formula is C15H19N3O4S. The monoisotopic (exact) mass is 337 g/mol. The molecule has 0 fully saturated rings. The standard InChI is InChI=1S/C15H19N3O4S/c1-3-23-10-12-8-13(17-22-12)15(20)16-11-4-5-14(19)18(9-11)6-7-21-2/h4-5,8-9H,3,6-7,10H2,1-2H3,(H,16,20). The second-order valence-corrected chi connectivity index (χ2v) is 5.99. The molecule has 0 aliphatic rings. The molecule has 1 N–H and O–H groups in total. The van der Waals surface area contributed by atoms with E-state index in [1.54, 1.807) is 37.2 Å². The summed E-state index contributed by atoms with van der Waals surface area (Å²) in [7, 11) is 1.57. The number of hydrogen-bond donors (Lipinski definition) is 1. The number of nitrogens with one attached hydrogen (secondary N) is 1. The Morgan fingerprint density at radius 1 is 1.48 bits per heavy atom. The van der Waals surface area contributed by atoms with Crippen molar-refractivity contribution in [2.45, 2.75) is 19.2 Å². The lowest BCUT2D eigenvalue weighted by molar-refractivity contribution is 0.101. The molecule has 0 radical (unpaired) electrons. The van der Waals surface area contributed by atoms with Gasteiger partial charge in [-0.1, -0.05) is 12.1 Å². The van der Waals surface area contributed by atoms with Crippen LogP contribution in [0, 0.1) is 0 Å². The first-order valence-corrected chi connectivity index (χ1v) is 8.33. The smallest absolute Gasteiger partial charge is 0.277 e. The molecule has 0 saturated heterocycles. The number of pyridine rings is 1. The van der Waals surface area contributed by atoms with E-state index in [-0.39, 0.29) is 17.2 Å². The van der Waals surface area contributed by atoms with Crippen LogP contribution in [0.5, 0.6) is 0 Å². The molecule has 0 aliphatic carbocycles. The molecule has 2 aromatic rings. The van der Waals surface area contributed by atoms with Crippen molar-refractivity contribution in [1.82, 2.24) is 9.72 Å². The molecule has 0 saturated carbocycles. The van der Waals surface area contributed by atoms with Crippen molar-refractivity contribution in [3.8, 4) is 0 Å². The van der Waals surface area contributed by atoms with Gasteiger partial charge in [0.1, 0.15) is 5.76 Å². The van der Waals surface area contributed by atoms with Gasteiger partial charge in [0.25, 0.3) is 11.5 Å². The first kappa shape index (κ1) is 17.3. The first-order chi connectivity index (χ1) is 11.1.